The number of piperidine rings is 1. The Kier molecular flexibility index (Phi) is 3.84. The maximum Gasteiger partial charge on any atom is 0.157 e. The molecule has 0 aliphatic carbocycles. The van der Waals surface area contributed by atoms with Gasteiger partial charge in [-0.2, -0.15) is 0 Å². The smallest absolute Gasteiger partial charge is 0.157 e. The fraction of sp³-hybridized carbons (Fsp3) is 0.647. The van der Waals surface area contributed by atoms with Gasteiger partial charge in [0.1, 0.15) is 0 Å². The van der Waals surface area contributed by atoms with Gasteiger partial charge in [0, 0.05) is 19.1 Å². The van der Waals surface area contributed by atoms with Crippen molar-refractivity contribution >= 4 is 0 Å². The summed E-state index contributed by atoms with van der Waals surface area (Å²) in [6.07, 6.45) is 2.38. The van der Waals surface area contributed by atoms with Crippen LogP contribution in [-0.2, 0) is 6.42 Å². The summed E-state index contributed by atoms with van der Waals surface area (Å²) in [5, 5.41) is 29.9. The van der Waals surface area contributed by atoms with Crippen molar-refractivity contribution in [2.75, 3.05) is 13.1 Å². The summed E-state index contributed by atoms with van der Waals surface area (Å²) in [6, 6.07) is 3.52. The van der Waals surface area contributed by atoms with E-state index in [0.29, 0.717) is 18.3 Å². The number of hydrogen-bond donors (Lipinski definition) is 3. The molecule has 0 spiro atoms. The molecule has 2 unspecified atom stereocenters. The van der Waals surface area contributed by atoms with Crippen LogP contribution in [0.4, 0.5) is 0 Å². The second-order valence-corrected chi connectivity index (χ2v) is 6.99. The second-order valence-electron chi connectivity index (χ2n) is 6.99. The third-order valence-electron chi connectivity index (χ3n) is 4.96. The Morgan fingerprint density at radius 3 is 2.67 bits per heavy atom. The molecule has 4 nitrogen and oxygen atoms in total. The summed E-state index contributed by atoms with van der Waals surface area (Å²) in [5.74, 6) is 0.832. The van der Waals surface area contributed by atoms with Gasteiger partial charge in [0.2, 0.25) is 0 Å². The zero-order valence-electron chi connectivity index (χ0n) is 12.8. The van der Waals surface area contributed by atoms with E-state index in [1.165, 1.54) is 0 Å². The number of fused-ring (bicyclic) bond motifs is 3. The molecule has 1 aromatic rings. The van der Waals surface area contributed by atoms with E-state index in [1.807, 2.05) is 0 Å². The minimum absolute atomic E-state index is 0.0451. The zero-order chi connectivity index (χ0) is 15.1. The molecular weight excluding hydrogens is 266 g/mol. The highest BCUT2D eigenvalue weighted by Gasteiger charge is 2.38. The van der Waals surface area contributed by atoms with Gasteiger partial charge in [-0.05, 0) is 54.4 Å². The van der Waals surface area contributed by atoms with Crippen molar-refractivity contribution in [3.63, 3.8) is 0 Å². The Morgan fingerprint density at radius 1 is 1.24 bits per heavy atom. The lowest BCUT2D eigenvalue weighted by atomic mass is 9.79. The SMILES string of the molecule is CC(C)C[C@H]1CN2CCc3cc(O)c(O)cc3C2CC1O. The molecule has 0 saturated carbocycles. The van der Waals surface area contributed by atoms with E-state index < -0.39 is 0 Å². The number of nitrogens with zero attached hydrogens (tertiary/aromatic N) is 1. The highest BCUT2D eigenvalue weighted by Crippen LogP contribution is 2.42. The fourth-order valence-corrected chi connectivity index (χ4v) is 3.96. The van der Waals surface area contributed by atoms with Gasteiger partial charge < -0.3 is 15.3 Å². The van der Waals surface area contributed by atoms with Crippen molar-refractivity contribution in [3.05, 3.63) is 23.3 Å². The Balaban J connectivity index is 1.85. The van der Waals surface area contributed by atoms with Crippen molar-refractivity contribution in [1.29, 1.82) is 0 Å². The van der Waals surface area contributed by atoms with Gasteiger partial charge in [0.05, 0.1) is 6.10 Å². The van der Waals surface area contributed by atoms with Gasteiger partial charge in [-0.15, -0.1) is 0 Å². The third-order valence-corrected chi connectivity index (χ3v) is 4.96. The lowest BCUT2D eigenvalue weighted by Crippen LogP contribution is -2.48. The fourth-order valence-electron chi connectivity index (χ4n) is 3.96. The first-order chi connectivity index (χ1) is 9.95. The van der Waals surface area contributed by atoms with Crippen molar-refractivity contribution in [2.24, 2.45) is 11.8 Å². The average molecular weight is 291 g/mol. The Labute approximate surface area is 126 Å². The van der Waals surface area contributed by atoms with Crippen LogP contribution >= 0.6 is 0 Å². The molecule has 0 bridgehead atoms. The van der Waals surface area contributed by atoms with Crippen LogP contribution < -0.4 is 0 Å². The molecule has 3 N–H and O–H groups in total. The van der Waals surface area contributed by atoms with Crippen LogP contribution in [0.5, 0.6) is 11.5 Å². The molecule has 1 fully saturated rings. The molecule has 2 aliphatic rings. The highest BCUT2D eigenvalue weighted by atomic mass is 16.3. The van der Waals surface area contributed by atoms with Crippen molar-refractivity contribution < 1.29 is 15.3 Å². The van der Waals surface area contributed by atoms with Crippen LogP contribution in [0, 0.1) is 11.8 Å². The van der Waals surface area contributed by atoms with Gasteiger partial charge >= 0.3 is 0 Å². The van der Waals surface area contributed by atoms with Crippen LogP contribution in [0.2, 0.25) is 0 Å². The molecule has 0 amide bonds. The average Bonchev–Trinajstić information content (AvgIpc) is 2.41. The number of hydrogen-bond acceptors (Lipinski definition) is 4. The first kappa shape index (κ1) is 14.7. The quantitative estimate of drug-likeness (QED) is 0.732. The number of phenols is 2. The first-order valence-corrected chi connectivity index (χ1v) is 7.92. The van der Waals surface area contributed by atoms with Crippen molar-refractivity contribution in [1.82, 2.24) is 4.90 Å². The first-order valence-electron chi connectivity index (χ1n) is 7.92. The molecule has 0 radical (unpaired) electrons. The number of benzene rings is 1. The summed E-state index contributed by atoms with van der Waals surface area (Å²) < 4.78 is 0. The number of aromatic hydroxyl groups is 2. The Bertz CT molecular complexity index is 529. The number of aliphatic hydroxyl groups excluding tert-OH is 1. The molecule has 1 saturated heterocycles. The molecule has 2 heterocycles. The largest absolute Gasteiger partial charge is 0.504 e. The summed E-state index contributed by atoms with van der Waals surface area (Å²) in [4.78, 5) is 2.43. The van der Waals surface area contributed by atoms with Gasteiger partial charge in [0.25, 0.3) is 0 Å². The summed E-state index contributed by atoms with van der Waals surface area (Å²) in [6.45, 7) is 6.28. The van der Waals surface area contributed by atoms with Crippen molar-refractivity contribution in [2.45, 2.75) is 45.3 Å². The molecule has 4 heteroatoms. The van der Waals surface area contributed by atoms with E-state index >= 15 is 0 Å². The van der Waals surface area contributed by atoms with E-state index in [2.05, 4.69) is 18.7 Å². The predicted octanol–water partition coefficient (Wildman–Crippen LogP) is 2.42. The molecular formula is C17H25NO3. The van der Waals surface area contributed by atoms with E-state index in [9.17, 15) is 15.3 Å². The third kappa shape index (κ3) is 2.74. The second kappa shape index (κ2) is 5.50. The van der Waals surface area contributed by atoms with Gasteiger partial charge in [-0.25, -0.2) is 0 Å². The lowest BCUT2D eigenvalue weighted by molar-refractivity contribution is -0.0191. The minimum Gasteiger partial charge on any atom is -0.504 e. The normalized spacial score (nSPS) is 29.2. The topological polar surface area (TPSA) is 63.9 Å². The molecule has 0 aromatic heterocycles. The predicted molar refractivity (Wildman–Crippen MR) is 81.4 cm³/mol. The monoisotopic (exact) mass is 291 g/mol. The van der Waals surface area contributed by atoms with Gasteiger partial charge in [-0.3, -0.25) is 4.90 Å². The van der Waals surface area contributed by atoms with Crippen LogP contribution in [0.15, 0.2) is 12.1 Å². The lowest BCUT2D eigenvalue weighted by Gasteiger charge is -2.46. The summed E-state index contributed by atoms with van der Waals surface area (Å²) in [7, 11) is 0. The number of phenolic OH excluding ortho intramolecular Hbond substituents is 2. The maximum atomic E-state index is 10.5. The Hall–Kier alpha value is -1.26. The standard InChI is InChI=1S/C17H25NO3/c1-10(2)5-12-9-18-4-3-11-6-16(20)17(21)7-13(11)14(18)8-15(12)19/h6-7,10,12,14-15,19-21H,3-5,8-9H2,1-2H3/t12-,14?,15?/m0/s1. The molecule has 3 rings (SSSR count). The minimum atomic E-state index is -0.282. The molecule has 2 aliphatic heterocycles. The Morgan fingerprint density at radius 2 is 1.95 bits per heavy atom. The number of rotatable bonds is 2. The molecule has 1 aromatic carbocycles. The number of aliphatic hydroxyl groups is 1. The maximum absolute atomic E-state index is 10.5. The van der Waals surface area contributed by atoms with E-state index in [-0.39, 0.29) is 23.6 Å². The van der Waals surface area contributed by atoms with Crippen LogP contribution in [0.25, 0.3) is 0 Å². The van der Waals surface area contributed by atoms with Gasteiger partial charge in [-0.1, -0.05) is 13.8 Å². The van der Waals surface area contributed by atoms with E-state index in [1.54, 1.807) is 12.1 Å². The zero-order valence-corrected chi connectivity index (χ0v) is 12.8. The molecule has 116 valence electrons. The van der Waals surface area contributed by atoms with Crippen LogP contribution in [0.1, 0.15) is 43.9 Å². The summed E-state index contributed by atoms with van der Waals surface area (Å²) in [5.41, 5.74) is 2.17. The highest BCUT2D eigenvalue weighted by molar-refractivity contribution is 5.48. The van der Waals surface area contributed by atoms with E-state index in [0.717, 1.165) is 37.1 Å². The molecule has 21 heavy (non-hydrogen) atoms. The van der Waals surface area contributed by atoms with Crippen LogP contribution in [0.3, 0.4) is 0 Å². The van der Waals surface area contributed by atoms with Gasteiger partial charge in [0.15, 0.2) is 11.5 Å². The summed E-state index contributed by atoms with van der Waals surface area (Å²) >= 11 is 0. The molecule has 3 atom stereocenters. The van der Waals surface area contributed by atoms with E-state index in [4.69, 9.17) is 0 Å². The van der Waals surface area contributed by atoms with Crippen molar-refractivity contribution in [3.8, 4) is 11.5 Å². The van der Waals surface area contributed by atoms with Crippen LogP contribution in [-0.4, -0.2) is 39.4 Å².